The lowest BCUT2D eigenvalue weighted by atomic mass is 9.97. The monoisotopic (exact) mass is 1420 g/mol. The van der Waals surface area contributed by atoms with Gasteiger partial charge in [-0.25, -0.2) is 15.0 Å². The van der Waals surface area contributed by atoms with Gasteiger partial charge in [-0.1, -0.05) is 118 Å². The second-order valence-electron chi connectivity index (χ2n) is 22.9. The number of aliphatic hydroxyl groups is 2. The molecule has 11 rings (SSSR count). The molecule has 528 valence electrons. The number of hydrogen-bond donors (Lipinski definition) is 4. The van der Waals surface area contributed by atoms with E-state index in [0.29, 0.717) is 19.3 Å². The van der Waals surface area contributed by atoms with Crippen LogP contribution in [0.2, 0.25) is 0 Å². The number of carbonyl (C=O) groups is 3. The van der Waals surface area contributed by atoms with Gasteiger partial charge in [0.2, 0.25) is 5.91 Å². The number of nitrogens with two attached hydrogens (primary N) is 1. The van der Waals surface area contributed by atoms with Crippen molar-refractivity contribution >= 4 is 94.9 Å². The van der Waals surface area contributed by atoms with E-state index in [1.165, 1.54) is 61.8 Å². The van der Waals surface area contributed by atoms with Crippen molar-refractivity contribution in [2.24, 2.45) is 5.73 Å². The summed E-state index contributed by atoms with van der Waals surface area (Å²) in [5.41, 5.74) is 12.9. The fourth-order valence-electron chi connectivity index (χ4n) is 10.4. The van der Waals surface area contributed by atoms with E-state index >= 15 is 0 Å². The summed E-state index contributed by atoms with van der Waals surface area (Å²) in [6.45, 7) is 17.0. The van der Waals surface area contributed by atoms with Gasteiger partial charge in [-0.05, 0) is 142 Å². The average Bonchev–Trinajstić information content (AvgIpc) is 1.35. The smallest absolute Gasteiger partial charge is 0.310 e. The summed E-state index contributed by atoms with van der Waals surface area (Å²) >= 11 is 5.01. The van der Waals surface area contributed by atoms with Crippen LogP contribution in [0.15, 0.2) is 146 Å². The molecule has 0 radical (unpaired) electrons. The van der Waals surface area contributed by atoms with Gasteiger partial charge in [0.1, 0.15) is 44.6 Å². The first-order valence-corrected chi connectivity index (χ1v) is 34.1. The van der Waals surface area contributed by atoms with Gasteiger partial charge in [-0.2, -0.15) is 0 Å². The van der Waals surface area contributed by atoms with Crippen LogP contribution in [0.1, 0.15) is 134 Å². The van der Waals surface area contributed by atoms with E-state index in [1.807, 2.05) is 88.4 Å². The van der Waals surface area contributed by atoms with Crippen LogP contribution in [0, 0.1) is 41.0 Å². The number of hydrogen-bond acceptors (Lipinski definition) is 21. The Morgan fingerprint density at radius 1 is 0.460 bits per heavy atom. The van der Waals surface area contributed by atoms with Gasteiger partial charge in [0, 0.05) is 78.7 Å². The van der Waals surface area contributed by atoms with Crippen LogP contribution in [-0.4, -0.2) is 107 Å². The second-order valence-corrected chi connectivity index (χ2v) is 26.3. The highest BCUT2D eigenvalue weighted by Crippen LogP contribution is 2.36. The Kier molecular flexibility index (Phi) is 30.1. The Bertz CT molecular complexity index is 4440. The summed E-state index contributed by atoms with van der Waals surface area (Å²) in [5.74, 6) is 2.37. The largest absolute Gasteiger partial charge is 0.497 e. The fraction of sp³-hybridized carbons (Fsp3) is 0.307. The quantitative estimate of drug-likeness (QED) is 0.0238. The topological polar surface area (TPSA) is 318 Å². The van der Waals surface area contributed by atoms with E-state index < -0.39 is 22.1 Å². The number of esters is 2. The summed E-state index contributed by atoms with van der Waals surface area (Å²) < 4.78 is 25.0. The summed E-state index contributed by atoms with van der Waals surface area (Å²) in [5, 5.41) is 53.9. The lowest BCUT2D eigenvalue weighted by molar-refractivity contribution is -0.757. The van der Waals surface area contributed by atoms with Crippen LogP contribution in [0.4, 0.5) is 0 Å². The van der Waals surface area contributed by atoms with Crippen LogP contribution in [-0.2, 0) is 43.2 Å². The molecule has 0 saturated heterocycles. The van der Waals surface area contributed by atoms with Crippen LogP contribution >= 0.6 is 34.0 Å². The predicted octanol–water partition coefficient (Wildman–Crippen LogP) is 15.3. The molecule has 0 fully saturated rings. The number of amides is 1. The second kappa shape index (κ2) is 38.3. The zero-order valence-corrected chi connectivity index (χ0v) is 60.5. The third kappa shape index (κ3) is 23.0. The molecule has 22 nitrogen and oxygen atoms in total. The highest BCUT2D eigenvalue weighted by atomic mass is 32.1. The molecule has 11 aromatic rings. The number of methoxy groups -OCH3 is 4. The highest BCUT2D eigenvalue weighted by Gasteiger charge is 2.20. The van der Waals surface area contributed by atoms with Crippen molar-refractivity contribution in [3.63, 3.8) is 0 Å². The molecular formula is C75H84N6O16S3. The van der Waals surface area contributed by atoms with Gasteiger partial charge in [0.05, 0.1) is 51.4 Å². The summed E-state index contributed by atoms with van der Waals surface area (Å²) in [6.07, 6.45) is 1.87. The molecule has 100 heavy (non-hydrogen) atoms. The molecule has 3 heterocycles. The SMILES string of the molecule is CC(=O)OC(C)=O.COc1ccc2cc(C(C)C(N)=O)ccc2c1.COc1ccc2cc(C(C)c3nc(C)c(CCO)s3)ccc2c1.COc1ccc2cc(C(C)c3nc(C)c(CCO)s3)ccc2c1.COc1ccc2cc(C(C)c3nc(C)c(CCO[N+](=O)[O-])s3)ccc2c1.O=[N+]([O-])O. The summed E-state index contributed by atoms with van der Waals surface area (Å²) in [4.78, 5) is 71.3. The molecule has 0 saturated carbocycles. The molecule has 0 aliphatic rings. The van der Waals surface area contributed by atoms with Crippen molar-refractivity contribution in [3.05, 3.63) is 235 Å². The van der Waals surface area contributed by atoms with Crippen molar-refractivity contribution < 1.29 is 68.5 Å². The average molecular weight is 1420 g/mol. The number of aliphatic hydroxyl groups excluding tert-OH is 2. The van der Waals surface area contributed by atoms with Crippen molar-refractivity contribution in [3.8, 4) is 23.0 Å². The van der Waals surface area contributed by atoms with E-state index in [1.54, 1.807) is 62.4 Å². The predicted molar refractivity (Wildman–Crippen MR) is 392 cm³/mol. The molecule has 8 aromatic carbocycles. The summed E-state index contributed by atoms with van der Waals surface area (Å²) in [6, 6.07) is 49.5. The standard InChI is InChI=1S/C19H20N2O4S.2C19H21NO2S.C14H15NO2.C4H6O3.HNO3/c1-12(19-20-13(2)18(26-19)8-9-25-21(22)23)14-4-5-16-11-17(24-3)7-6-15(16)10-14;2*1-12(19-20-13(2)18(23-19)8-9-21)14-4-5-16-11-17(22-3)7-6-15(16)10-14;1-9(14(15)16)10-3-4-12-8-13(17-2)6-5-11(12)7-10;1-3(5)7-4(2)6;2-1(3)4/h4-7,10-12H,8-9H2,1-3H3;2*4-7,10-12,21H,8-9H2,1-3H3;3-9H,1-2H3,(H2,15,16);1-2H3;(H,2,3,4). The summed E-state index contributed by atoms with van der Waals surface area (Å²) in [7, 11) is 6.68. The van der Waals surface area contributed by atoms with Crippen LogP contribution < -0.4 is 24.7 Å². The van der Waals surface area contributed by atoms with Gasteiger partial charge in [-0.15, -0.1) is 54.2 Å². The molecule has 4 atom stereocenters. The maximum atomic E-state index is 11.1. The first-order chi connectivity index (χ1) is 47.7. The fourth-order valence-corrected chi connectivity index (χ4v) is 13.8. The Labute approximate surface area is 592 Å². The number of primary amides is 1. The lowest BCUT2D eigenvalue weighted by Gasteiger charge is -2.11. The molecule has 0 aliphatic carbocycles. The van der Waals surface area contributed by atoms with E-state index in [4.69, 9.17) is 60.2 Å². The van der Waals surface area contributed by atoms with Crippen molar-refractivity contribution in [2.75, 3.05) is 48.3 Å². The van der Waals surface area contributed by atoms with Gasteiger partial charge >= 0.3 is 11.9 Å². The number of benzene rings is 8. The molecule has 0 aliphatic heterocycles. The molecule has 4 unspecified atom stereocenters. The van der Waals surface area contributed by atoms with Gasteiger partial charge in [0.15, 0.2) is 0 Å². The number of carbonyl (C=O) groups excluding carboxylic acids is 3. The number of aryl methyl sites for hydroxylation is 3. The van der Waals surface area contributed by atoms with Crippen LogP contribution in [0.5, 0.6) is 23.0 Å². The van der Waals surface area contributed by atoms with E-state index in [0.717, 1.165) is 87.1 Å². The number of nitrogens with zero attached hydrogens (tertiary/aromatic N) is 5. The van der Waals surface area contributed by atoms with Crippen molar-refractivity contribution in [1.29, 1.82) is 0 Å². The first-order valence-electron chi connectivity index (χ1n) is 31.7. The first kappa shape index (κ1) is 78.8. The van der Waals surface area contributed by atoms with Crippen molar-refractivity contribution in [2.45, 2.75) is 105 Å². The van der Waals surface area contributed by atoms with Crippen LogP contribution in [0.3, 0.4) is 0 Å². The Hall–Kier alpha value is -10.2. The molecule has 0 spiro atoms. The Morgan fingerprint density at radius 2 is 0.720 bits per heavy atom. The minimum absolute atomic E-state index is 0.0572. The minimum atomic E-state index is -1.50. The van der Waals surface area contributed by atoms with Gasteiger partial charge < -0.3 is 49.7 Å². The lowest BCUT2D eigenvalue weighted by Crippen LogP contribution is -2.18. The van der Waals surface area contributed by atoms with E-state index in [2.05, 4.69) is 120 Å². The number of fused-ring (bicyclic) bond motifs is 4. The zero-order valence-electron chi connectivity index (χ0n) is 58.1. The van der Waals surface area contributed by atoms with E-state index in [-0.39, 0.29) is 49.4 Å². The molecule has 3 aromatic heterocycles. The number of rotatable bonds is 20. The van der Waals surface area contributed by atoms with Crippen LogP contribution in [0.25, 0.3) is 43.1 Å². The normalized spacial score (nSPS) is 11.8. The maximum absolute atomic E-state index is 11.1. The molecular weight excluding hydrogens is 1340 g/mol. The third-order valence-corrected chi connectivity index (χ3v) is 20.2. The van der Waals surface area contributed by atoms with Gasteiger partial charge in [0.25, 0.3) is 10.2 Å². The molecule has 1 amide bonds. The highest BCUT2D eigenvalue weighted by molar-refractivity contribution is 7.12. The number of aromatic nitrogens is 3. The Morgan fingerprint density at radius 3 is 0.970 bits per heavy atom. The third-order valence-electron chi connectivity index (χ3n) is 16.0. The van der Waals surface area contributed by atoms with E-state index in [9.17, 15) is 24.5 Å². The van der Waals surface area contributed by atoms with Gasteiger partial charge in [-0.3, -0.25) is 14.4 Å². The maximum Gasteiger partial charge on any atom is 0.310 e. The molecule has 5 N–H and O–H groups in total. The molecule has 0 bridgehead atoms. The number of ether oxygens (including phenoxy) is 5. The number of thiazole rings is 3. The molecule has 25 heteroatoms. The van der Waals surface area contributed by atoms with Crippen molar-refractivity contribution in [1.82, 2.24) is 15.0 Å². The minimum Gasteiger partial charge on any atom is -0.497 e. The Balaban J connectivity index is 0.000000201. The zero-order chi connectivity index (χ0) is 73.3.